The molecule has 4 aromatic rings. The topological polar surface area (TPSA) is 113 Å². The molecule has 0 saturated heterocycles. The van der Waals surface area contributed by atoms with Crippen molar-refractivity contribution in [1.29, 1.82) is 5.26 Å². The normalized spacial score (nSPS) is 10.6. The first-order valence-corrected chi connectivity index (χ1v) is 9.52. The minimum Gasteiger partial charge on any atom is -0.469 e. The second kappa shape index (κ2) is 8.28. The van der Waals surface area contributed by atoms with Crippen molar-refractivity contribution in [1.82, 2.24) is 4.57 Å². The Morgan fingerprint density at radius 3 is 2.47 bits per heavy atom. The van der Waals surface area contributed by atoms with Gasteiger partial charge in [-0.1, -0.05) is 0 Å². The number of carbonyl (C=O) groups is 2. The molecule has 2 N–H and O–H groups in total. The lowest BCUT2D eigenvalue weighted by Crippen LogP contribution is -2.16. The highest BCUT2D eigenvalue weighted by atomic mass is 19.1. The summed E-state index contributed by atoms with van der Waals surface area (Å²) in [7, 11) is 0. The molecule has 0 fully saturated rings. The van der Waals surface area contributed by atoms with Gasteiger partial charge >= 0.3 is 0 Å². The van der Waals surface area contributed by atoms with E-state index >= 15 is 0 Å². The molecule has 0 aliphatic rings. The van der Waals surface area contributed by atoms with Gasteiger partial charge in [-0.15, -0.1) is 0 Å². The van der Waals surface area contributed by atoms with Gasteiger partial charge in [0, 0.05) is 18.1 Å². The fraction of sp³-hybridized carbons (Fsp3) is 0.0870. The van der Waals surface area contributed by atoms with E-state index in [4.69, 9.17) is 8.83 Å². The highest BCUT2D eigenvalue weighted by Crippen LogP contribution is 2.27. The minimum absolute atomic E-state index is 0.0696. The van der Waals surface area contributed by atoms with Crippen molar-refractivity contribution in [3.63, 3.8) is 0 Å². The molecule has 3 aromatic heterocycles. The summed E-state index contributed by atoms with van der Waals surface area (Å²) in [6.45, 7) is 3.19. The van der Waals surface area contributed by atoms with E-state index in [1.807, 2.05) is 6.07 Å². The molecule has 4 rings (SSSR count). The lowest BCUT2D eigenvalue weighted by molar-refractivity contribution is 0.101. The smallest absolute Gasteiger partial charge is 0.260 e. The van der Waals surface area contributed by atoms with Crippen LogP contribution >= 0.6 is 0 Å². The predicted octanol–water partition coefficient (Wildman–Crippen LogP) is 4.80. The fourth-order valence-electron chi connectivity index (χ4n) is 3.26. The fourth-order valence-corrected chi connectivity index (χ4v) is 3.26. The van der Waals surface area contributed by atoms with Gasteiger partial charge in [0.25, 0.3) is 11.8 Å². The zero-order valence-electron chi connectivity index (χ0n) is 17.1. The first kappa shape index (κ1) is 20.7. The van der Waals surface area contributed by atoms with Gasteiger partial charge in [-0.25, -0.2) is 4.39 Å². The number of benzene rings is 1. The Morgan fingerprint density at radius 2 is 1.81 bits per heavy atom. The number of hydrogen-bond acceptors (Lipinski definition) is 5. The zero-order chi connectivity index (χ0) is 22.8. The SMILES string of the molecule is Cc1occc1C(=O)Nc1cc(NC(=O)c2c(C)oc(-n3cccc3)c2C#N)ccc1F. The Labute approximate surface area is 181 Å². The van der Waals surface area contributed by atoms with E-state index in [0.29, 0.717) is 5.76 Å². The van der Waals surface area contributed by atoms with Crippen molar-refractivity contribution < 1.29 is 22.8 Å². The first-order valence-electron chi connectivity index (χ1n) is 9.52. The maximum Gasteiger partial charge on any atom is 0.260 e. The van der Waals surface area contributed by atoms with E-state index in [1.165, 1.54) is 24.5 Å². The Kier molecular flexibility index (Phi) is 5.35. The largest absolute Gasteiger partial charge is 0.469 e. The average molecular weight is 432 g/mol. The third-order valence-electron chi connectivity index (χ3n) is 4.82. The number of hydrogen-bond donors (Lipinski definition) is 2. The van der Waals surface area contributed by atoms with Crippen LogP contribution in [0.4, 0.5) is 15.8 Å². The van der Waals surface area contributed by atoms with E-state index < -0.39 is 17.6 Å². The molecule has 0 unspecified atom stereocenters. The number of halogens is 1. The number of rotatable bonds is 5. The third kappa shape index (κ3) is 3.77. The van der Waals surface area contributed by atoms with E-state index in [-0.39, 0.29) is 39.7 Å². The molecule has 0 atom stereocenters. The number of aromatic nitrogens is 1. The van der Waals surface area contributed by atoms with Crippen molar-refractivity contribution in [2.75, 3.05) is 10.6 Å². The number of furan rings is 2. The number of amides is 2. The van der Waals surface area contributed by atoms with E-state index in [0.717, 1.165) is 6.07 Å². The minimum atomic E-state index is -0.676. The Bertz CT molecular complexity index is 1360. The summed E-state index contributed by atoms with van der Waals surface area (Å²) in [5.41, 5.74) is 0.514. The summed E-state index contributed by atoms with van der Waals surface area (Å²) in [6.07, 6.45) is 4.74. The lowest BCUT2D eigenvalue weighted by atomic mass is 10.1. The Morgan fingerprint density at radius 1 is 1.06 bits per heavy atom. The molecular formula is C23H17FN4O4. The molecule has 2 amide bonds. The lowest BCUT2D eigenvalue weighted by Gasteiger charge is -2.10. The van der Waals surface area contributed by atoms with Gasteiger partial charge in [0.15, 0.2) is 0 Å². The molecule has 0 saturated carbocycles. The predicted molar refractivity (Wildman–Crippen MR) is 113 cm³/mol. The standard InChI is InChI=1S/C23H17FN4O4/c1-13-16(7-10-31-13)21(29)27-19-11-15(5-6-18(19)24)26-22(30)20-14(2)32-23(17(20)12-25)28-8-3-4-9-28/h3-11H,1-2H3,(H,26,30)(H,27,29). The third-order valence-corrected chi connectivity index (χ3v) is 4.82. The van der Waals surface area contributed by atoms with Gasteiger partial charge in [0.2, 0.25) is 5.88 Å². The van der Waals surface area contributed by atoms with Crippen LogP contribution in [0, 0.1) is 31.0 Å². The summed E-state index contributed by atoms with van der Waals surface area (Å²) in [4.78, 5) is 25.3. The highest BCUT2D eigenvalue weighted by Gasteiger charge is 2.25. The average Bonchev–Trinajstić information content (AvgIpc) is 3.49. The second-order valence-electron chi connectivity index (χ2n) is 6.91. The van der Waals surface area contributed by atoms with Gasteiger partial charge in [0.1, 0.15) is 34.5 Å². The van der Waals surface area contributed by atoms with Crippen LogP contribution in [0.5, 0.6) is 0 Å². The molecule has 9 heteroatoms. The molecule has 0 spiro atoms. The van der Waals surface area contributed by atoms with Crippen molar-refractivity contribution in [2.45, 2.75) is 13.8 Å². The molecule has 0 bridgehead atoms. The number of aryl methyl sites for hydroxylation is 2. The van der Waals surface area contributed by atoms with Crippen LogP contribution in [0.25, 0.3) is 5.88 Å². The van der Waals surface area contributed by atoms with Crippen LogP contribution in [-0.4, -0.2) is 16.4 Å². The number of nitrogens with one attached hydrogen (secondary N) is 2. The van der Waals surface area contributed by atoms with Crippen LogP contribution in [0.3, 0.4) is 0 Å². The zero-order valence-corrected chi connectivity index (χ0v) is 17.1. The van der Waals surface area contributed by atoms with Crippen LogP contribution in [0.1, 0.15) is 37.8 Å². The summed E-state index contributed by atoms with van der Waals surface area (Å²) < 4.78 is 26.6. The van der Waals surface area contributed by atoms with Gasteiger partial charge in [-0.3, -0.25) is 14.2 Å². The Balaban J connectivity index is 1.60. The molecular weight excluding hydrogens is 415 g/mol. The van der Waals surface area contributed by atoms with E-state index in [1.54, 1.807) is 42.9 Å². The summed E-state index contributed by atoms with van der Waals surface area (Å²) in [5, 5.41) is 14.7. The van der Waals surface area contributed by atoms with Crippen LogP contribution in [-0.2, 0) is 0 Å². The molecule has 0 aliphatic carbocycles. The van der Waals surface area contributed by atoms with Crippen molar-refractivity contribution in [3.8, 4) is 12.0 Å². The summed E-state index contributed by atoms with van der Waals surface area (Å²) in [5.74, 6) is -0.949. The van der Waals surface area contributed by atoms with Crippen molar-refractivity contribution >= 4 is 23.2 Å². The molecule has 0 radical (unpaired) electrons. The summed E-state index contributed by atoms with van der Waals surface area (Å²) in [6, 6.07) is 10.8. The quantitative estimate of drug-likeness (QED) is 0.470. The molecule has 8 nitrogen and oxygen atoms in total. The first-order chi connectivity index (χ1) is 15.4. The number of carbonyl (C=O) groups excluding carboxylic acids is 2. The van der Waals surface area contributed by atoms with E-state index in [9.17, 15) is 19.2 Å². The highest BCUT2D eigenvalue weighted by molar-refractivity contribution is 6.08. The van der Waals surface area contributed by atoms with Crippen LogP contribution in [0.2, 0.25) is 0 Å². The monoisotopic (exact) mass is 432 g/mol. The second-order valence-corrected chi connectivity index (χ2v) is 6.91. The van der Waals surface area contributed by atoms with E-state index in [2.05, 4.69) is 10.6 Å². The molecule has 0 aliphatic heterocycles. The molecule has 32 heavy (non-hydrogen) atoms. The van der Waals surface area contributed by atoms with Gasteiger partial charge < -0.3 is 19.5 Å². The van der Waals surface area contributed by atoms with Crippen LogP contribution in [0.15, 0.2) is 63.9 Å². The number of nitrogens with zero attached hydrogens (tertiary/aromatic N) is 2. The molecule has 3 heterocycles. The summed E-state index contributed by atoms with van der Waals surface area (Å²) >= 11 is 0. The van der Waals surface area contributed by atoms with Crippen LogP contribution < -0.4 is 10.6 Å². The van der Waals surface area contributed by atoms with Gasteiger partial charge in [-0.05, 0) is 50.2 Å². The molecule has 160 valence electrons. The number of nitriles is 1. The number of anilines is 2. The Hall–Kier alpha value is -4.58. The maximum atomic E-state index is 14.3. The van der Waals surface area contributed by atoms with Gasteiger partial charge in [0.05, 0.1) is 17.5 Å². The van der Waals surface area contributed by atoms with Gasteiger partial charge in [-0.2, -0.15) is 5.26 Å². The van der Waals surface area contributed by atoms with Crippen molar-refractivity contribution in [3.05, 3.63) is 89.1 Å². The van der Waals surface area contributed by atoms with Crippen molar-refractivity contribution in [2.24, 2.45) is 0 Å². The maximum absolute atomic E-state index is 14.3. The molecule has 1 aromatic carbocycles.